The maximum atomic E-state index is 13.6. The van der Waals surface area contributed by atoms with Crippen LogP contribution in [0.2, 0.25) is 0 Å². The summed E-state index contributed by atoms with van der Waals surface area (Å²) in [6, 6.07) is 4.49. The smallest absolute Gasteiger partial charge is 0.271 e. The van der Waals surface area contributed by atoms with E-state index < -0.39 is 6.04 Å². The van der Waals surface area contributed by atoms with E-state index in [1.165, 1.54) is 57.8 Å². The Morgan fingerprint density at radius 1 is 1.09 bits per heavy atom. The molecule has 33 heavy (non-hydrogen) atoms. The van der Waals surface area contributed by atoms with Crippen LogP contribution in [0.4, 0.5) is 0 Å². The first-order chi connectivity index (χ1) is 16.1. The van der Waals surface area contributed by atoms with Crippen LogP contribution in [0, 0.1) is 0 Å². The van der Waals surface area contributed by atoms with Crippen molar-refractivity contribution in [3.05, 3.63) is 23.2 Å². The second kappa shape index (κ2) is 10.2. The third-order valence-electron chi connectivity index (χ3n) is 8.13. The van der Waals surface area contributed by atoms with Crippen molar-refractivity contribution in [3.63, 3.8) is 0 Å². The molecule has 0 spiro atoms. The number of carbonyl (C=O) groups excluding carboxylic acids is 2. The Kier molecular flexibility index (Phi) is 7.07. The first kappa shape index (κ1) is 22.9. The van der Waals surface area contributed by atoms with Gasteiger partial charge >= 0.3 is 0 Å². The van der Waals surface area contributed by atoms with E-state index in [0.717, 1.165) is 35.3 Å². The molecule has 2 saturated carbocycles. The number of fused-ring (bicyclic) bond motifs is 3. The van der Waals surface area contributed by atoms with Crippen LogP contribution in [0.3, 0.4) is 0 Å². The monoisotopic (exact) mass is 470 g/mol. The molecule has 5 rings (SSSR count). The van der Waals surface area contributed by atoms with E-state index in [1.54, 1.807) is 11.3 Å². The number of aromatic nitrogens is 1. The Hall–Kier alpha value is -1.86. The van der Waals surface area contributed by atoms with Gasteiger partial charge in [-0.25, -0.2) is 0 Å². The number of nitrogens with one attached hydrogen (secondary N) is 1. The van der Waals surface area contributed by atoms with Crippen molar-refractivity contribution in [2.24, 2.45) is 0 Å². The van der Waals surface area contributed by atoms with Gasteiger partial charge in [0.2, 0.25) is 5.91 Å². The zero-order valence-electron chi connectivity index (χ0n) is 19.9. The number of likely N-dealkylation sites (N-methyl/N-ethyl adjacent to an activating group) is 1. The van der Waals surface area contributed by atoms with E-state index in [2.05, 4.69) is 33.3 Å². The molecule has 1 N–H and O–H groups in total. The van der Waals surface area contributed by atoms with Crippen LogP contribution < -0.4 is 5.32 Å². The summed E-state index contributed by atoms with van der Waals surface area (Å²) in [5.74, 6) is 0.0287. The van der Waals surface area contributed by atoms with Gasteiger partial charge in [0.1, 0.15) is 11.7 Å². The van der Waals surface area contributed by atoms with Crippen LogP contribution in [-0.4, -0.2) is 64.4 Å². The summed E-state index contributed by atoms with van der Waals surface area (Å²) in [5, 5.41) is 5.40. The van der Waals surface area contributed by atoms with Crippen molar-refractivity contribution in [1.82, 2.24) is 19.7 Å². The van der Waals surface area contributed by atoms with E-state index in [4.69, 9.17) is 0 Å². The number of rotatable bonds is 6. The number of hydrogen-bond donors (Lipinski definition) is 1. The minimum Gasteiger partial charge on any atom is -0.352 e. The molecule has 2 aromatic heterocycles. The Bertz CT molecular complexity index is 968. The summed E-state index contributed by atoms with van der Waals surface area (Å²) in [7, 11) is 2.18. The fourth-order valence-electron chi connectivity index (χ4n) is 6.08. The summed E-state index contributed by atoms with van der Waals surface area (Å²) in [5.41, 5.74) is 1.81. The summed E-state index contributed by atoms with van der Waals surface area (Å²) in [6.45, 7) is 1.97. The average molecular weight is 471 g/mol. The highest BCUT2D eigenvalue weighted by Crippen LogP contribution is 2.30. The molecule has 3 heterocycles. The lowest BCUT2D eigenvalue weighted by Crippen LogP contribution is -2.58. The zero-order chi connectivity index (χ0) is 22.8. The second-order valence-corrected chi connectivity index (χ2v) is 11.2. The Morgan fingerprint density at radius 3 is 2.55 bits per heavy atom. The second-order valence-electron chi connectivity index (χ2n) is 10.3. The van der Waals surface area contributed by atoms with E-state index in [9.17, 15) is 9.59 Å². The lowest BCUT2D eigenvalue weighted by Gasteiger charge is -2.39. The molecule has 1 aliphatic heterocycles. The lowest BCUT2D eigenvalue weighted by atomic mass is 9.94. The van der Waals surface area contributed by atoms with Crippen molar-refractivity contribution >= 4 is 33.4 Å². The molecule has 7 heteroatoms. The predicted octanol–water partition coefficient (Wildman–Crippen LogP) is 4.63. The highest BCUT2D eigenvalue weighted by atomic mass is 32.1. The summed E-state index contributed by atoms with van der Waals surface area (Å²) >= 11 is 1.66. The van der Waals surface area contributed by atoms with Crippen molar-refractivity contribution < 1.29 is 9.59 Å². The number of amides is 2. The minimum absolute atomic E-state index is 0.00251. The van der Waals surface area contributed by atoms with Gasteiger partial charge in [-0.1, -0.05) is 44.9 Å². The van der Waals surface area contributed by atoms with Crippen LogP contribution in [0.1, 0.15) is 81.1 Å². The molecule has 2 amide bonds. The van der Waals surface area contributed by atoms with Gasteiger partial charge in [-0.3, -0.25) is 9.59 Å². The predicted molar refractivity (Wildman–Crippen MR) is 134 cm³/mol. The van der Waals surface area contributed by atoms with Crippen LogP contribution in [-0.2, 0) is 11.3 Å². The van der Waals surface area contributed by atoms with Gasteiger partial charge in [0.25, 0.3) is 5.91 Å². The van der Waals surface area contributed by atoms with E-state index in [0.29, 0.717) is 19.1 Å². The van der Waals surface area contributed by atoms with Crippen molar-refractivity contribution in [2.45, 2.75) is 95.3 Å². The lowest BCUT2D eigenvalue weighted by molar-refractivity contribution is -0.127. The molecule has 0 aromatic carbocycles. The minimum atomic E-state index is -0.441. The van der Waals surface area contributed by atoms with Crippen LogP contribution in [0.15, 0.2) is 17.5 Å². The summed E-state index contributed by atoms with van der Waals surface area (Å²) in [6.07, 6.45) is 13.4. The molecule has 1 unspecified atom stereocenters. The van der Waals surface area contributed by atoms with Crippen LogP contribution in [0.5, 0.6) is 0 Å². The fourth-order valence-corrected chi connectivity index (χ4v) is 6.91. The molecule has 3 aliphatic rings. The average Bonchev–Trinajstić information content (AvgIpc) is 3.33. The van der Waals surface area contributed by atoms with Gasteiger partial charge in [0.05, 0.1) is 16.8 Å². The summed E-state index contributed by atoms with van der Waals surface area (Å²) in [4.78, 5) is 31.5. The van der Waals surface area contributed by atoms with Gasteiger partial charge in [0.15, 0.2) is 0 Å². The molecule has 2 fully saturated rings. The quantitative estimate of drug-likeness (QED) is 0.626. The normalized spacial score (nSPS) is 23.2. The zero-order valence-corrected chi connectivity index (χ0v) is 20.7. The highest BCUT2D eigenvalue weighted by Gasteiger charge is 2.38. The SMILES string of the molecule is CN(CCN1C(=O)c2cc3sccc3n2CC1C(=O)NC1CCCCCC1)C1CCCCC1. The highest BCUT2D eigenvalue weighted by molar-refractivity contribution is 7.17. The standard InChI is InChI=1S/C26H38N4O2S/c1-28(20-11-7-4-8-12-20)14-15-29-23(25(31)27-19-9-5-2-3-6-10-19)18-30-21-13-16-33-24(21)17-22(30)26(29)32/h13,16-17,19-20,23H,2-12,14-15,18H2,1H3,(H,27,31). The van der Waals surface area contributed by atoms with Crippen molar-refractivity contribution in [1.29, 1.82) is 0 Å². The molecule has 180 valence electrons. The number of thiophene rings is 1. The number of carbonyl (C=O) groups is 2. The van der Waals surface area contributed by atoms with Crippen LogP contribution >= 0.6 is 11.3 Å². The Labute approximate surface area is 201 Å². The first-order valence-corrected chi connectivity index (χ1v) is 13.9. The maximum Gasteiger partial charge on any atom is 0.271 e. The Morgan fingerprint density at radius 2 is 1.79 bits per heavy atom. The molecule has 2 aromatic rings. The molecule has 2 aliphatic carbocycles. The van der Waals surface area contributed by atoms with Gasteiger partial charge in [0, 0.05) is 25.2 Å². The van der Waals surface area contributed by atoms with Crippen molar-refractivity contribution in [2.75, 3.05) is 20.1 Å². The number of nitrogens with zero attached hydrogens (tertiary/aromatic N) is 3. The number of hydrogen-bond acceptors (Lipinski definition) is 4. The maximum absolute atomic E-state index is 13.6. The summed E-state index contributed by atoms with van der Waals surface area (Å²) < 4.78 is 3.20. The van der Waals surface area contributed by atoms with Gasteiger partial charge in [-0.2, -0.15) is 0 Å². The van der Waals surface area contributed by atoms with E-state index >= 15 is 0 Å². The van der Waals surface area contributed by atoms with Gasteiger partial charge in [-0.05, 0) is 50.2 Å². The topological polar surface area (TPSA) is 57.6 Å². The van der Waals surface area contributed by atoms with E-state index in [-0.39, 0.29) is 17.9 Å². The molecule has 6 nitrogen and oxygen atoms in total. The third-order valence-corrected chi connectivity index (χ3v) is 8.98. The molecule has 1 atom stereocenters. The molecular formula is C26H38N4O2S. The molecule has 0 bridgehead atoms. The fraction of sp³-hybridized carbons (Fsp3) is 0.692. The van der Waals surface area contributed by atoms with Gasteiger partial charge < -0.3 is 19.7 Å². The largest absolute Gasteiger partial charge is 0.352 e. The van der Waals surface area contributed by atoms with Crippen molar-refractivity contribution in [3.8, 4) is 0 Å². The molecule has 0 saturated heterocycles. The molecular weight excluding hydrogens is 432 g/mol. The van der Waals surface area contributed by atoms with E-state index in [1.807, 2.05) is 11.0 Å². The third kappa shape index (κ3) is 4.85. The first-order valence-electron chi connectivity index (χ1n) is 13.0. The van der Waals surface area contributed by atoms with Gasteiger partial charge in [-0.15, -0.1) is 11.3 Å². The Balaban J connectivity index is 1.35. The molecule has 0 radical (unpaired) electrons. The van der Waals surface area contributed by atoms with Crippen LogP contribution in [0.25, 0.3) is 10.2 Å².